The van der Waals surface area contributed by atoms with E-state index in [2.05, 4.69) is 17.5 Å². The van der Waals surface area contributed by atoms with Crippen molar-refractivity contribution in [3.63, 3.8) is 0 Å². The van der Waals surface area contributed by atoms with E-state index in [4.69, 9.17) is 4.74 Å². The van der Waals surface area contributed by atoms with Crippen molar-refractivity contribution < 1.29 is 19.4 Å². The number of nitrogens with one attached hydrogen (secondary N) is 1. The van der Waals surface area contributed by atoms with Crippen molar-refractivity contribution in [3.8, 4) is 0 Å². The van der Waals surface area contributed by atoms with Crippen LogP contribution in [0.15, 0.2) is 12.2 Å². The summed E-state index contributed by atoms with van der Waals surface area (Å²) in [6, 6.07) is -0.658. The van der Waals surface area contributed by atoms with Crippen LogP contribution in [0.25, 0.3) is 0 Å². The zero-order valence-corrected chi connectivity index (χ0v) is 11.8. The summed E-state index contributed by atoms with van der Waals surface area (Å²) >= 11 is 0. The number of carboxylic acid groups (broad SMARTS) is 1. The number of carbonyl (C=O) groups excluding carboxylic acids is 1. The Morgan fingerprint density at radius 2 is 2.15 bits per heavy atom. The maximum Gasteiger partial charge on any atom is 0.320 e. The van der Waals surface area contributed by atoms with E-state index < -0.39 is 18.2 Å². The van der Waals surface area contributed by atoms with E-state index in [0.717, 1.165) is 6.42 Å². The van der Waals surface area contributed by atoms with Gasteiger partial charge < -0.3 is 9.84 Å². The van der Waals surface area contributed by atoms with Gasteiger partial charge in [0.05, 0.1) is 5.92 Å². The Morgan fingerprint density at radius 3 is 2.80 bits per heavy atom. The number of hydrogen-bond donors (Lipinski definition) is 2. The van der Waals surface area contributed by atoms with Crippen molar-refractivity contribution in [1.29, 1.82) is 0 Å². The number of ether oxygens (including phenoxy) is 1. The van der Waals surface area contributed by atoms with Crippen LogP contribution in [0.3, 0.4) is 0 Å². The summed E-state index contributed by atoms with van der Waals surface area (Å²) < 4.78 is 5.42. The van der Waals surface area contributed by atoms with Gasteiger partial charge in [-0.3, -0.25) is 14.9 Å². The first-order valence-electron chi connectivity index (χ1n) is 7.35. The molecule has 2 bridgehead atoms. The van der Waals surface area contributed by atoms with Crippen LogP contribution >= 0.6 is 0 Å². The predicted octanol–water partition coefficient (Wildman–Crippen LogP) is 1.40. The Morgan fingerprint density at radius 1 is 1.45 bits per heavy atom. The molecule has 0 aromatic rings. The van der Waals surface area contributed by atoms with Crippen LogP contribution in [0.5, 0.6) is 0 Å². The Kier molecular flexibility index (Phi) is 3.32. The summed E-state index contributed by atoms with van der Waals surface area (Å²) in [6.07, 6.45) is 5.35. The minimum atomic E-state index is -0.878. The van der Waals surface area contributed by atoms with Crippen LogP contribution in [0.4, 0.5) is 0 Å². The molecule has 6 atom stereocenters. The lowest BCUT2D eigenvalue weighted by atomic mass is 9.83. The molecule has 5 nitrogen and oxygen atoms in total. The molecule has 3 rings (SSSR count). The van der Waals surface area contributed by atoms with E-state index in [1.807, 2.05) is 13.8 Å². The molecule has 1 saturated heterocycles. The number of fused-ring (bicyclic) bond motifs is 5. The van der Waals surface area contributed by atoms with E-state index in [0.29, 0.717) is 12.3 Å². The van der Waals surface area contributed by atoms with Crippen LogP contribution in [0.1, 0.15) is 26.7 Å². The number of rotatable bonds is 5. The average molecular weight is 279 g/mol. The summed E-state index contributed by atoms with van der Waals surface area (Å²) in [6.45, 7) is 3.97. The van der Waals surface area contributed by atoms with Crippen molar-refractivity contribution in [2.24, 2.45) is 29.6 Å². The molecule has 20 heavy (non-hydrogen) atoms. The fraction of sp³-hybridized carbons (Fsp3) is 0.733. The number of cyclic esters (lactones) is 1. The minimum absolute atomic E-state index is 0.0732. The first-order valence-corrected chi connectivity index (χ1v) is 7.35. The van der Waals surface area contributed by atoms with Gasteiger partial charge in [0.15, 0.2) is 6.23 Å². The molecular formula is C15H21NO4. The van der Waals surface area contributed by atoms with Gasteiger partial charge in [-0.15, -0.1) is 0 Å². The Balaban J connectivity index is 1.73. The number of carbonyl (C=O) groups is 2. The van der Waals surface area contributed by atoms with Gasteiger partial charge in [0.2, 0.25) is 0 Å². The fourth-order valence-corrected chi connectivity index (χ4v) is 3.94. The molecule has 5 heteroatoms. The zero-order chi connectivity index (χ0) is 14.4. The van der Waals surface area contributed by atoms with Gasteiger partial charge in [-0.05, 0) is 30.6 Å². The van der Waals surface area contributed by atoms with E-state index in [9.17, 15) is 14.7 Å². The van der Waals surface area contributed by atoms with Crippen molar-refractivity contribution >= 4 is 11.9 Å². The third-order valence-corrected chi connectivity index (χ3v) is 4.76. The van der Waals surface area contributed by atoms with Crippen molar-refractivity contribution in [2.45, 2.75) is 39.0 Å². The second-order valence-corrected chi connectivity index (χ2v) is 6.60. The molecule has 2 aliphatic carbocycles. The zero-order valence-electron chi connectivity index (χ0n) is 11.8. The molecule has 2 fully saturated rings. The maximum atomic E-state index is 12.0. The lowest BCUT2D eigenvalue weighted by Crippen LogP contribution is -2.47. The molecule has 0 aromatic heterocycles. The SMILES string of the molecule is CC(C)CC(NC1OC(=O)C2C3C=CC(C3)C12)C(=O)O. The van der Waals surface area contributed by atoms with Gasteiger partial charge in [0.1, 0.15) is 6.04 Å². The smallest absolute Gasteiger partial charge is 0.320 e. The summed E-state index contributed by atoms with van der Waals surface area (Å²) in [5, 5.41) is 12.4. The Labute approximate surface area is 118 Å². The van der Waals surface area contributed by atoms with Crippen molar-refractivity contribution in [2.75, 3.05) is 0 Å². The Bertz CT molecular complexity index is 459. The standard InChI is InChI=1S/C15H21NO4/c1-7(2)5-10(14(17)18)16-13-11-8-3-4-9(6-8)12(11)15(19)20-13/h3-4,7-13,16H,5-6H2,1-2H3,(H,17,18). The highest BCUT2D eigenvalue weighted by atomic mass is 16.6. The summed E-state index contributed by atoms with van der Waals surface area (Å²) in [5.41, 5.74) is 0. The number of aliphatic carboxylic acids is 1. The van der Waals surface area contributed by atoms with Gasteiger partial charge in [0.25, 0.3) is 0 Å². The normalized spacial score (nSPS) is 39.1. The van der Waals surface area contributed by atoms with E-state index in [-0.39, 0.29) is 29.6 Å². The largest absolute Gasteiger partial charge is 0.480 e. The third-order valence-electron chi connectivity index (χ3n) is 4.76. The molecule has 0 spiro atoms. The van der Waals surface area contributed by atoms with E-state index >= 15 is 0 Å². The number of allylic oxidation sites excluding steroid dienone is 2. The fourth-order valence-electron chi connectivity index (χ4n) is 3.94. The molecule has 110 valence electrons. The molecular weight excluding hydrogens is 258 g/mol. The van der Waals surface area contributed by atoms with Crippen LogP contribution < -0.4 is 5.32 Å². The third kappa shape index (κ3) is 2.14. The van der Waals surface area contributed by atoms with Gasteiger partial charge in [0, 0.05) is 5.92 Å². The van der Waals surface area contributed by atoms with Crippen LogP contribution in [-0.4, -0.2) is 29.3 Å². The highest BCUT2D eigenvalue weighted by Crippen LogP contribution is 2.53. The summed E-state index contributed by atoms with van der Waals surface area (Å²) in [5.74, 6) is -0.103. The molecule has 6 unspecified atom stereocenters. The molecule has 1 heterocycles. The average Bonchev–Trinajstić information content (AvgIpc) is 3.02. The molecule has 0 radical (unpaired) electrons. The summed E-state index contributed by atoms with van der Waals surface area (Å²) in [7, 11) is 0. The number of esters is 1. The Hall–Kier alpha value is -1.36. The molecule has 1 saturated carbocycles. The lowest BCUT2D eigenvalue weighted by molar-refractivity contribution is -0.149. The van der Waals surface area contributed by atoms with Crippen LogP contribution in [-0.2, 0) is 14.3 Å². The highest BCUT2D eigenvalue weighted by molar-refractivity contribution is 5.78. The van der Waals surface area contributed by atoms with E-state index in [1.54, 1.807) is 0 Å². The number of hydrogen-bond acceptors (Lipinski definition) is 4. The molecule has 0 aromatic carbocycles. The summed E-state index contributed by atoms with van der Waals surface area (Å²) in [4.78, 5) is 23.3. The van der Waals surface area contributed by atoms with Gasteiger partial charge in [-0.1, -0.05) is 26.0 Å². The number of carboxylic acids is 1. The van der Waals surface area contributed by atoms with Gasteiger partial charge >= 0.3 is 11.9 Å². The topological polar surface area (TPSA) is 75.6 Å². The lowest BCUT2D eigenvalue weighted by Gasteiger charge is -2.26. The van der Waals surface area contributed by atoms with Gasteiger partial charge in [-0.25, -0.2) is 0 Å². The minimum Gasteiger partial charge on any atom is -0.480 e. The molecule has 1 aliphatic heterocycles. The monoisotopic (exact) mass is 279 g/mol. The molecule has 0 amide bonds. The second-order valence-electron chi connectivity index (χ2n) is 6.60. The van der Waals surface area contributed by atoms with Crippen LogP contribution in [0.2, 0.25) is 0 Å². The van der Waals surface area contributed by atoms with Crippen LogP contribution in [0, 0.1) is 29.6 Å². The second kappa shape index (κ2) is 4.88. The van der Waals surface area contributed by atoms with E-state index in [1.165, 1.54) is 0 Å². The first-order chi connectivity index (χ1) is 9.47. The highest BCUT2D eigenvalue weighted by Gasteiger charge is 2.58. The molecule has 2 N–H and O–H groups in total. The van der Waals surface area contributed by atoms with Crippen molar-refractivity contribution in [1.82, 2.24) is 5.32 Å². The first kappa shape index (κ1) is 13.6. The predicted molar refractivity (Wildman–Crippen MR) is 71.6 cm³/mol. The van der Waals surface area contributed by atoms with Gasteiger partial charge in [-0.2, -0.15) is 0 Å². The maximum absolute atomic E-state index is 12.0. The molecule has 3 aliphatic rings. The van der Waals surface area contributed by atoms with Crippen molar-refractivity contribution in [3.05, 3.63) is 12.2 Å². The quantitative estimate of drug-likeness (QED) is 0.587.